The average Bonchev–Trinajstić information content (AvgIpc) is 2.83. The van der Waals surface area contributed by atoms with Crippen molar-refractivity contribution in [2.24, 2.45) is 5.92 Å². The number of amides is 3. The summed E-state index contributed by atoms with van der Waals surface area (Å²) in [4.78, 5) is 35.9. The maximum absolute atomic E-state index is 12.6. The Morgan fingerprint density at radius 2 is 1.76 bits per heavy atom. The third kappa shape index (κ3) is 8.86. The molecule has 184 valence electrons. The van der Waals surface area contributed by atoms with Crippen LogP contribution in [0, 0.1) is 5.92 Å². The van der Waals surface area contributed by atoms with Crippen LogP contribution in [-0.2, 0) is 9.59 Å². The standard InChI is InChI=1S/C26H35N3O5/c1-4-5-6-9-23(16-29(33)18-30)26(32)28-17-27-25(31)22-12-7-10-20(14-22)21-11-8-13-24(15-21)34-19(2)3/h7-8,10-15,18-19,23,33H,4-6,9,16-17H2,1-3H3,(H,27,31)(H,28,32). The van der Waals surface area contributed by atoms with Gasteiger partial charge in [0.25, 0.3) is 5.91 Å². The molecule has 0 aliphatic heterocycles. The van der Waals surface area contributed by atoms with Crippen molar-refractivity contribution >= 4 is 18.2 Å². The lowest BCUT2D eigenvalue weighted by Gasteiger charge is -2.19. The second kappa shape index (κ2) is 14.0. The first kappa shape index (κ1) is 26.9. The molecule has 1 unspecified atom stereocenters. The first-order valence-corrected chi connectivity index (χ1v) is 11.7. The molecular weight excluding hydrogens is 434 g/mol. The van der Waals surface area contributed by atoms with Gasteiger partial charge in [0.1, 0.15) is 5.75 Å². The van der Waals surface area contributed by atoms with E-state index in [9.17, 15) is 19.6 Å². The number of nitrogens with one attached hydrogen (secondary N) is 2. The quantitative estimate of drug-likeness (QED) is 0.127. The van der Waals surface area contributed by atoms with E-state index in [0.717, 1.165) is 36.1 Å². The summed E-state index contributed by atoms with van der Waals surface area (Å²) in [5.41, 5.74) is 2.27. The molecule has 8 nitrogen and oxygen atoms in total. The lowest BCUT2D eigenvalue weighted by Crippen LogP contribution is -2.43. The van der Waals surface area contributed by atoms with Gasteiger partial charge in [0.2, 0.25) is 12.3 Å². The van der Waals surface area contributed by atoms with Crippen molar-refractivity contribution in [2.75, 3.05) is 13.2 Å². The number of hydrogen-bond acceptors (Lipinski definition) is 5. The van der Waals surface area contributed by atoms with Crippen molar-refractivity contribution in [3.8, 4) is 16.9 Å². The molecule has 0 saturated heterocycles. The minimum atomic E-state index is -0.553. The largest absolute Gasteiger partial charge is 0.491 e. The Labute approximate surface area is 201 Å². The fourth-order valence-corrected chi connectivity index (χ4v) is 3.53. The molecule has 3 N–H and O–H groups in total. The van der Waals surface area contributed by atoms with Crippen molar-refractivity contribution < 1.29 is 24.3 Å². The highest BCUT2D eigenvalue weighted by atomic mass is 16.5. The summed E-state index contributed by atoms with van der Waals surface area (Å²) in [7, 11) is 0. The van der Waals surface area contributed by atoms with Gasteiger partial charge < -0.3 is 15.4 Å². The fourth-order valence-electron chi connectivity index (χ4n) is 3.53. The molecule has 0 aliphatic rings. The SMILES string of the molecule is CCCCCC(CN(O)C=O)C(=O)NCNC(=O)c1cccc(-c2cccc(OC(C)C)c2)c1. The molecule has 1 atom stereocenters. The van der Waals surface area contributed by atoms with Crippen molar-refractivity contribution in [1.82, 2.24) is 15.7 Å². The molecule has 2 aromatic carbocycles. The highest BCUT2D eigenvalue weighted by molar-refractivity contribution is 5.95. The number of nitrogens with zero attached hydrogens (tertiary/aromatic N) is 1. The van der Waals surface area contributed by atoms with Crippen molar-refractivity contribution in [3.05, 3.63) is 54.1 Å². The Hall–Kier alpha value is -3.39. The van der Waals surface area contributed by atoms with Gasteiger partial charge in [-0.15, -0.1) is 0 Å². The van der Waals surface area contributed by atoms with E-state index in [2.05, 4.69) is 17.6 Å². The zero-order valence-corrected chi connectivity index (χ0v) is 20.1. The summed E-state index contributed by atoms with van der Waals surface area (Å²) in [6, 6.07) is 14.9. The van der Waals surface area contributed by atoms with Crippen LogP contribution in [0.3, 0.4) is 0 Å². The number of ether oxygens (including phenoxy) is 1. The number of carbonyl (C=O) groups is 3. The number of rotatable bonds is 14. The van der Waals surface area contributed by atoms with Crippen molar-refractivity contribution in [2.45, 2.75) is 52.6 Å². The Morgan fingerprint density at radius 1 is 1.06 bits per heavy atom. The number of carbonyl (C=O) groups excluding carboxylic acids is 3. The molecule has 0 fully saturated rings. The molecule has 0 radical (unpaired) electrons. The zero-order valence-electron chi connectivity index (χ0n) is 20.1. The van der Waals surface area contributed by atoms with E-state index in [1.165, 1.54) is 0 Å². The van der Waals surface area contributed by atoms with Gasteiger partial charge in [0.05, 0.1) is 25.2 Å². The van der Waals surface area contributed by atoms with Crippen LogP contribution in [0.1, 0.15) is 56.8 Å². The van der Waals surface area contributed by atoms with Gasteiger partial charge in [-0.2, -0.15) is 0 Å². The van der Waals surface area contributed by atoms with Crippen LogP contribution in [0.5, 0.6) is 5.75 Å². The molecule has 0 saturated carbocycles. The van der Waals surface area contributed by atoms with E-state index in [0.29, 0.717) is 17.0 Å². The second-order valence-electron chi connectivity index (χ2n) is 8.42. The maximum atomic E-state index is 12.6. The predicted molar refractivity (Wildman–Crippen MR) is 130 cm³/mol. The lowest BCUT2D eigenvalue weighted by molar-refractivity contribution is -0.154. The number of unbranched alkanes of at least 4 members (excludes halogenated alkanes) is 2. The van der Waals surface area contributed by atoms with Gasteiger partial charge in [-0.3, -0.25) is 19.6 Å². The van der Waals surface area contributed by atoms with Crippen LogP contribution in [-0.4, -0.2) is 47.8 Å². The van der Waals surface area contributed by atoms with Crippen LogP contribution in [0.2, 0.25) is 0 Å². The Kier molecular flexibility index (Phi) is 11.1. The van der Waals surface area contributed by atoms with Gasteiger partial charge in [0.15, 0.2) is 0 Å². The van der Waals surface area contributed by atoms with Gasteiger partial charge in [-0.25, -0.2) is 5.06 Å². The topological polar surface area (TPSA) is 108 Å². The molecule has 0 aliphatic carbocycles. The van der Waals surface area contributed by atoms with Gasteiger partial charge in [-0.05, 0) is 55.7 Å². The minimum Gasteiger partial charge on any atom is -0.491 e. The zero-order chi connectivity index (χ0) is 24.9. The summed E-state index contributed by atoms with van der Waals surface area (Å²) in [5, 5.41) is 15.3. The molecule has 2 aromatic rings. The molecule has 0 spiro atoms. The van der Waals surface area contributed by atoms with Crippen molar-refractivity contribution in [1.29, 1.82) is 0 Å². The summed E-state index contributed by atoms with van der Waals surface area (Å²) in [6.45, 7) is 5.84. The molecule has 0 bridgehead atoms. The number of benzene rings is 2. The minimum absolute atomic E-state index is 0.0591. The van der Waals surface area contributed by atoms with Crippen LogP contribution in [0.15, 0.2) is 48.5 Å². The van der Waals surface area contributed by atoms with E-state index in [1.54, 1.807) is 18.2 Å². The lowest BCUT2D eigenvalue weighted by atomic mass is 10.0. The summed E-state index contributed by atoms with van der Waals surface area (Å²) < 4.78 is 5.75. The van der Waals surface area contributed by atoms with E-state index in [4.69, 9.17) is 4.74 Å². The van der Waals surface area contributed by atoms with Gasteiger partial charge >= 0.3 is 0 Å². The van der Waals surface area contributed by atoms with Gasteiger partial charge in [0, 0.05) is 5.56 Å². The van der Waals surface area contributed by atoms with Crippen LogP contribution < -0.4 is 15.4 Å². The Morgan fingerprint density at radius 3 is 2.44 bits per heavy atom. The number of hydroxylamine groups is 2. The highest BCUT2D eigenvalue weighted by Gasteiger charge is 2.20. The summed E-state index contributed by atoms with van der Waals surface area (Å²) in [6.07, 6.45) is 3.64. The monoisotopic (exact) mass is 469 g/mol. The average molecular weight is 470 g/mol. The van der Waals surface area contributed by atoms with Crippen LogP contribution >= 0.6 is 0 Å². The first-order chi connectivity index (χ1) is 16.3. The van der Waals surface area contributed by atoms with E-state index in [1.807, 2.05) is 44.2 Å². The third-order valence-corrected chi connectivity index (χ3v) is 5.23. The third-order valence-electron chi connectivity index (χ3n) is 5.23. The molecule has 3 amide bonds. The summed E-state index contributed by atoms with van der Waals surface area (Å²) in [5.74, 6) is -0.444. The molecular formula is C26H35N3O5. The van der Waals surface area contributed by atoms with E-state index < -0.39 is 5.92 Å². The van der Waals surface area contributed by atoms with Crippen LogP contribution in [0.25, 0.3) is 11.1 Å². The summed E-state index contributed by atoms with van der Waals surface area (Å²) >= 11 is 0. The molecule has 34 heavy (non-hydrogen) atoms. The first-order valence-electron chi connectivity index (χ1n) is 11.7. The van der Waals surface area contributed by atoms with Crippen LogP contribution in [0.4, 0.5) is 0 Å². The van der Waals surface area contributed by atoms with E-state index in [-0.39, 0.29) is 37.5 Å². The maximum Gasteiger partial charge on any atom is 0.252 e. The normalized spacial score (nSPS) is 11.6. The Balaban J connectivity index is 1.97. The van der Waals surface area contributed by atoms with E-state index >= 15 is 0 Å². The number of hydrogen-bond donors (Lipinski definition) is 3. The fraction of sp³-hybridized carbons (Fsp3) is 0.423. The smallest absolute Gasteiger partial charge is 0.252 e. The second-order valence-corrected chi connectivity index (χ2v) is 8.42. The molecule has 8 heteroatoms. The van der Waals surface area contributed by atoms with Crippen molar-refractivity contribution in [3.63, 3.8) is 0 Å². The predicted octanol–water partition coefficient (Wildman–Crippen LogP) is 3.99. The highest BCUT2D eigenvalue weighted by Crippen LogP contribution is 2.25. The Bertz CT molecular complexity index is 948. The molecule has 0 aromatic heterocycles. The van der Waals surface area contributed by atoms with Gasteiger partial charge in [-0.1, -0.05) is 50.5 Å². The molecule has 2 rings (SSSR count). The molecule has 0 heterocycles.